The molecule has 0 atom stereocenters. The summed E-state index contributed by atoms with van der Waals surface area (Å²) in [4.78, 5) is 22.4. The fourth-order valence-electron chi connectivity index (χ4n) is 1.31. The van der Waals surface area contributed by atoms with Gasteiger partial charge in [-0.25, -0.2) is 17.9 Å². The van der Waals surface area contributed by atoms with Crippen molar-refractivity contribution in [2.24, 2.45) is 0 Å². The normalized spacial score (nSPS) is 11.0. The molecule has 0 aromatic heterocycles. The number of sulfonamides is 1. The van der Waals surface area contributed by atoms with E-state index in [9.17, 15) is 18.0 Å². The Labute approximate surface area is 110 Å². The van der Waals surface area contributed by atoms with E-state index >= 15 is 0 Å². The van der Waals surface area contributed by atoms with Crippen molar-refractivity contribution in [3.8, 4) is 0 Å². The van der Waals surface area contributed by atoms with Gasteiger partial charge in [-0.3, -0.25) is 4.79 Å². The van der Waals surface area contributed by atoms with E-state index in [4.69, 9.17) is 5.11 Å². The van der Waals surface area contributed by atoms with E-state index in [2.05, 4.69) is 10.0 Å². The van der Waals surface area contributed by atoms with Crippen LogP contribution in [0.1, 0.15) is 20.7 Å². The molecule has 0 aliphatic carbocycles. The predicted molar refractivity (Wildman–Crippen MR) is 68.6 cm³/mol. The molecular weight excluding hydrogens is 272 g/mol. The van der Waals surface area contributed by atoms with Crippen molar-refractivity contribution in [3.05, 3.63) is 35.4 Å². The van der Waals surface area contributed by atoms with Crippen molar-refractivity contribution in [2.45, 2.75) is 0 Å². The molecule has 3 N–H and O–H groups in total. The van der Waals surface area contributed by atoms with E-state index in [1.807, 2.05) is 0 Å². The Kier molecular flexibility index (Phi) is 5.02. The average Bonchev–Trinajstić information content (AvgIpc) is 2.33. The number of nitrogens with one attached hydrogen (secondary N) is 2. The van der Waals surface area contributed by atoms with Gasteiger partial charge in [0, 0.05) is 18.7 Å². The molecule has 7 nitrogen and oxygen atoms in total. The molecule has 0 aliphatic rings. The number of benzene rings is 1. The summed E-state index contributed by atoms with van der Waals surface area (Å²) in [6.45, 7) is 0.187. The zero-order chi connectivity index (χ0) is 14.5. The first-order valence-electron chi connectivity index (χ1n) is 5.36. The highest BCUT2D eigenvalue weighted by Gasteiger charge is 2.09. The molecule has 0 heterocycles. The second-order valence-corrected chi connectivity index (χ2v) is 5.64. The average molecular weight is 286 g/mol. The Balaban J connectivity index is 2.54. The Morgan fingerprint density at radius 2 is 1.84 bits per heavy atom. The van der Waals surface area contributed by atoms with Gasteiger partial charge in [0.2, 0.25) is 10.0 Å². The lowest BCUT2D eigenvalue weighted by molar-refractivity contribution is 0.0697. The quantitative estimate of drug-likeness (QED) is 0.619. The van der Waals surface area contributed by atoms with Gasteiger partial charge in [0.1, 0.15) is 0 Å². The van der Waals surface area contributed by atoms with Crippen LogP contribution in [-0.4, -0.2) is 44.7 Å². The standard InChI is InChI=1S/C11H14N2O5S/c1-19(17,18)13-6-5-12-10(14)8-3-2-4-9(7-8)11(15)16/h2-4,7,13H,5-6H2,1H3,(H,12,14)(H,15,16). The third-order valence-electron chi connectivity index (χ3n) is 2.15. The Hall–Kier alpha value is -1.93. The molecule has 0 aliphatic heterocycles. The first kappa shape index (κ1) is 15.1. The van der Waals surface area contributed by atoms with E-state index in [0.29, 0.717) is 0 Å². The van der Waals surface area contributed by atoms with E-state index in [-0.39, 0.29) is 24.2 Å². The van der Waals surface area contributed by atoms with Gasteiger partial charge in [0.15, 0.2) is 0 Å². The first-order chi connectivity index (χ1) is 8.79. The lowest BCUT2D eigenvalue weighted by atomic mass is 10.1. The minimum atomic E-state index is -3.28. The van der Waals surface area contributed by atoms with Crippen molar-refractivity contribution in [1.29, 1.82) is 0 Å². The van der Waals surface area contributed by atoms with Crippen molar-refractivity contribution in [2.75, 3.05) is 19.3 Å². The van der Waals surface area contributed by atoms with E-state index in [0.717, 1.165) is 6.26 Å². The summed E-state index contributed by atoms with van der Waals surface area (Å²) in [6.07, 6.45) is 1.02. The zero-order valence-corrected chi connectivity index (χ0v) is 11.0. The second kappa shape index (κ2) is 6.30. The van der Waals surface area contributed by atoms with Gasteiger partial charge in [-0.1, -0.05) is 6.07 Å². The van der Waals surface area contributed by atoms with E-state index < -0.39 is 21.9 Å². The molecular formula is C11H14N2O5S. The van der Waals surface area contributed by atoms with Crippen LogP contribution in [-0.2, 0) is 10.0 Å². The van der Waals surface area contributed by atoms with Crippen LogP contribution < -0.4 is 10.0 Å². The first-order valence-corrected chi connectivity index (χ1v) is 7.25. The van der Waals surface area contributed by atoms with Crippen LogP contribution in [0.2, 0.25) is 0 Å². The third-order valence-corrected chi connectivity index (χ3v) is 2.88. The third kappa shape index (κ3) is 5.49. The van der Waals surface area contributed by atoms with Crippen LogP contribution in [0.3, 0.4) is 0 Å². The molecule has 1 rings (SSSR count). The summed E-state index contributed by atoms with van der Waals surface area (Å²) in [5.74, 6) is -1.58. The number of carboxylic acid groups (broad SMARTS) is 1. The lowest BCUT2D eigenvalue weighted by Crippen LogP contribution is -2.34. The number of carboxylic acids is 1. The highest BCUT2D eigenvalue weighted by molar-refractivity contribution is 7.88. The summed E-state index contributed by atoms with van der Waals surface area (Å²) in [5.41, 5.74) is 0.223. The van der Waals surface area contributed by atoms with E-state index in [1.165, 1.54) is 24.3 Å². The van der Waals surface area contributed by atoms with Gasteiger partial charge in [-0.2, -0.15) is 0 Å². The van der Waals surface area contributed by atoms with Crippen LogP contribution in [0.15, 0.2) is 24.3 Å². The maximum atomic E-state index is 11.7. The molecule has 0 saturated carbocycles. The molecule has 1 aromatic carbocycles. The zero-order valence-electron chi connectivity index (χ0n) is 10.2. The Morgan fingerprint density at radius 1 is 1.21 bits per heavy atom. The molecule has 0 unspecified atom stereocenters. The van der Waals surface area contributed by atoms with Crippen molar-refractivity contribution < 1.29 is 23.1 Å². The molecule has 0 fully saturated rings. The van der Waals surface area contributed by atoms with Crippen LogP contribution in [0.25, 0.3) is 0 Å². The SMILES string of the molecule is CS(=O)(=O)NCCNC(=O)c1cccc(C(=O)O)c1. The minimum Gasteiger partial charge on any atom is -0.478 e. The molecule has 19 heavy (non-hydrogen) atoms. The maximum Gasteiger partial charge on any atom is 0.335 e. The topological polar surface area (TPSA) is 113 Å². The lowest BCUT2D eigenvalue weighted by Gasteiger charge is -2.06. The highest BCUT2D eigenvalue weighted by Crippen LogP contribution is 2.05. The molecule has 0 spiro atoms. The smallest absolute Gasteiger partial charge is 0.335 e. The fraction of sp³-hybridized carbons (Fsp3) is 0.273. The van der Waals surface area contributed by atoms with E-state index in [1.54, 1.807) is 0 Å². The van der Waals surface area contributed by atoms with Gasteiger partial charge in [-0.15, -0.1) is 0 Å². The minimum absolute atomic E-state index is 0.0157. The molecule has 104 valence electrons. The summed E-state index contributed by atoms with van der Waals surface area (Å²) in [6, 6.07) is 5.57. The second-order valence-electron chi connectivity index (χ2n) is 3.81. The van der Waals surface area contributed by atoms with Crippen LogP contribution >= 0.6 is 0 Å². The van der Waals surface area contributed by atoms with Crippen molar-refractivity contribution in [3.63, 3.8) is 0 Å². The van der Waals surface area contributed by atoms with Crippen molar-refractivity contribution in [1.82, 2.24) is 10.0 Å². The summed E-state index contributed by atoms with van der Waals surface area (Å²) < 4.78 is 23.8. The van der Waals surface area contributed by atoms with Gasteiger partial charge in [-0.05, 0) is 18.2 Å². The molecule has 1 amide bonds. The van der Waals surface area contributed by atoms with Crippen molar-refractivity contribution >= 4 is 21.9 Å². The summed E-state index contributed by atoms with van der Waals surface area (Å²) in [7, 11) is -3.28. The summed E-state index contributed by atoms with van der Waals surface area (Å²) >= 11 is 0. The Morgan fingerprint density at radius 3 is 2.42 bits per heavy atom. The number of aromatic carboxylic acids is 1. The molecule has 0 saturated heterocycles. The number of amides is 1. The number of hydrogen-bond donors (Lipinski definition) is 3. The number of carbonyl (C=O) groups excluding carboxylic acids is 1. The molecule has 0 radical (unpaired) electrons. The van der Waals surface area contributed by atoms with Gasteiger partial charge >= 0.3 is 5.97 Å². The Bertz CT molecular complexity index is 583. The fourth-order valence-corrected chi connectivity index (χ4v) is 1.78. The van der Waals surface area contributed by atoms with Crippen LogP contribution in [0, 0.1) is 0 Å². The summed E-state index contributed by atoms with van der Waals surface area (Å²) in [5, 5.41) is 11.3. The van der Waals surface area contributed by atoms with Gasteiger partial charge in [0.25, 0.3) is 5.91 Å². The highest BCUT2D eigenvalue weighted by atomic mass is 32.2. The van der Waals surface area contributed by atoms with Crippen LogP contribution in [0.4, 0.5) is 0 Å². The number of hydrogen-bond acceptors (Lipinski definition) is 4. The van der Waals surface area contributed by atoms with Crippen LogP contribution in [0.5, 0.6) is 0 Å². The van der Waals surface area contributed by atoms with Gasteiger partial charge in [0.05, 0.1) is 11.8 Å². The van der Waals surface area contributed by atoms with Gasteiger partial charge < -0.3 is 10.4 Å². The molecule has 1 aromatic rings. The monoisotopic (exact) mass is 286 g/mol. The maximum absolute atomic E-state index is 11.7. The molecule has 8 heteroatoms. The number of carbonyl (C=O) groups is 2. The largest absolute Gasteiger partial charge is 0.478 e. The molecule has 0 bridgehead atoms. The predicted octanol–water partition coefficient (Wildman–Crippen LogP) is -0.336. The number of rotatable bonds is 6.